The van der Waals surface area contributed by atoms with E-state index < -0.39 is 5.91 Å². The topological polar surface area (TPSA) is 150 Å². The average molecular weight is 572 g/mol. The molecular weight excluding hydrogens is 556 g/mol. The molecule has 1 amide bonds. The summed E-state index contributed by atoms with van der Waals surface area (Å²) in [6.07, 6.45) is 4.25. The molecule has 5 N–H and O–H groups in total. The zero-order valence-corrected chi connectivity index (χ0v) is 20.0. The third-order valence-corrected chi connectivity index (χ3v) is 5.64. The van der Waals surface area contributed by atoms with Gasteiger partial charge >= 0.3 is 0 Å². The average Bonchev–Trinajstić information content (AvgIpc) is 3.40. The Morgan fingerprint density at radius 1 is 0.879 bits per heavy atom. The lowest BCUT2D eigenvalue weighted by molar-refractivity contribution is 0.100. The Hall–Kier alpha value is -3.77. The maximum Gasteiger partial charge on any atom is 0.261 e. The van der Waals surface area contributed by atoms with Crippen LogP contribution in [0.25, 0.3) is 22.4 Å². The lowest BCUT2D eigenvalue weighted by Crippen LogP contribution is -2.13. The van der Waals surface area contributed by atoms with Gasteiger partial charge in [-0.25, -0.2) is 14.3 Å². The number of hydrogen-bond acceptors (Lipinski definition) is 6. The molecule has 0 saturated heterocycles. The lowest BCUT2D eigenvalue weighted by Gasteiger charge is -2.04. The fourth-order valence-electron chi connectivity index (χ4n) is 2.96. The van der Waals surface area contributed by atoms with Crippen molar-refractivity contribution in [3.05, 3.63) is 92.1 Å². The summed E-state index contributed by atoms with van der Waals surface area (Å²) in [4.78, 5) is 29.2. The molecule has 0 bridgehead atoms. The number of rotatable bonds is 3. The van der Waals surface area contributed by atoms with E-state index >= 15 is 0 Å². The number of primary amides is 1. The Kier molecular flexibility index (Phi) is 6.38. The van der Waals surface area contributed by atoms with Gasteiger partial charge < -0.3 is 16.5 Å². The molecule has 0 aliphatic heterocycles. The van der Waals surface area contributed by atoms with Crippen molar-refractivity contribution in [2.75, 3.05) is 5.73 Å². The van der Waals surface area contributed by atoms with Crippen molar-refractivity contribution in [1.29, 1.82) is 0 Å². The number of carbonyl (C=O) groups excluding carboxylic acids is 1. The summed E-state index contributed by atoms with van der Waals surface area (Å²) in [7, 11) is 0. The second-order valence-corrected chi connectivity index (χ2v) is 8.53. The van der Waals surface area contributed by atoms with Crippen LogP contribution in [-0.2, 0) is 0 Å². The summed E-state index contributed by atoms with van der Waals surface area (Å²) < 4.78 is 5.05. The van der Waals surface area contributed by atoms with E-state index in [1.807, 2.05) is 48.5 Å². The molecule has 3 aromatic heterocycles. The number of anilines is 1. The Balaban J connectivity index is 0.000000157. The summed E-state index contributed by atoms with van der Waals surface area (Å²) in [6.45, 7) is 0. The van der Waals surface area contributed by atoms with Crippen LogP contribution in [0.5, 0.6) is 0 Å². The van der Waals surface area contributed by atoms with E-state index in [0.29, 0.717) is 11.0 Å². The van der Waals surface area contributed by atoms with Crippen molar-refractivity contribution >= 4 is 54.6 Å². The van der Waals surface area contributed by atoms with E-state index in [-0.39, 0.29) is 16.9 Å². The smallest absolute Gasteiger partial charge is 0.261 e. The fourth-order valence-corrected chi connectivity index (χ4v) is 3.49. The van der Waals surface area contributed by atoms with Crippen LogP contribution < -0.4 is 17.0 Å². The monoisotopic (exact) mass is 570 g/mol. The third-order valence-electron chi connectivity index (χ3n) is 4.59. The summed E-state index contributed by atoms with van der Waals surface area (Å²) in [5.74, 6) is -0.337. The van der Waals surface area contributed by atoms with Crippen LogP contribution in [-0.4, -0.2) is 35.4 Å². The molecule has 0 spiro atoms. The first kappa shape index (κ1) is 22.4. The summed E-state index contributed by atoms with van der Waals surface area (Å²) in [6, 6.07) is 15.0. The molecule has 33 heavy (non-hydrogen) atoms. The molecule has 2 aromatic carbocycles. The number of nitrogen functional groups attached to an aromatic ring is 1. The molecule has 0 radical (unpaired) electrons. The maximum atomic E-state index is 11.5. The van der Waals surface area contributed by atoms with Crippen LogP contribution in [0.4, 0.5) is 5.82 Å². The number of benzene rings is 2. The summed E-state index contributed by atoms with van der Waals surface area (Å²) in [5.41, 5.74) is 13.1. The predicted octanol–water partition coefficient (Wildman–Crippen LogP) is 3.19. The first-order valence-corrected chi connectivity index (χ1v) is 11.0. The van der Waals surface area contributed by atoms with Crippen molar-refractivity contribution in [2.24, 2.45) is 5.73 Å². The minimum absolute atomic E-state index is 0.182. The molecule has 0 fully saturated rings. The number of fused-ring (bicyclic) bond motifs is 1. The van der Waals surface area contributed by atoms with Gasteiger partial charge in [-0.1, -0.05) is 31.9 Å². The fraction of sp³-hybridized carbons (Fsp3) is 0. The van der Waals surface area contributed by atoms with Gasteiger partial charge in [0.2, 0.25) is 0 Å². The van der Waals surface area contributed by atoms with E-state index in [1.165, 1.54) is 23.4 Å². The van der Waals surface area contributed by atoms with Crippen molar-refractivity contribution < 1.29 is 4.79 Å². The third kappa shape index (κ3) is 4.71. The van der Waals surface area contributed by atoms with Crippen LogP contribution >= 0.6 is 31.9 Å². The maximum absolute atomic E-state index is 11.5. The molecule has 3 heterocycles. The van der Waals surface area contributed by atoms with Crippen LogP contribution in [0.2, 0.25) is 0 Å². The van der Waals surface area contributed by atoms with E-state index in [9.17, 15) is 9.59 Å². The van der Waals surface area contributed by atoms with Gasteiger partial charge in [-0.15, -0.1) is 0 Å². The van der Waals surface area contributed by atoms with E-state index in [2.05, 4.69) is 52.0 Å². The number of carbonyl (C=O) groups is 1. The van der Waals surface area contributed by atoms with Crippen LogP contribution in [0.15, 0.2) is 81.0 Å². The van der Waals surface area contributed by atoms with Gasteiger partial charge in [0.1, 0.15) is 16.8 Å². The SMILES string of the molecule is NC(=O)c1cnn(-c2ccc(Br)cc2)c1N.O=c1[nH]cnc2c1cnn2-c1ccc(Br)cc1. The molecule has 0 aliphatic rings. The van der Waals surface area contributed by atoms with Gasteiger partial charge in [-0.2, -0.15) is 10.2 Å². The zero-order valence-electron chi connectivity index (χ0n) is 16.8. The van der Waals surface area contributed by atoms with Crippen molar-refractivity contribution in [3.63, 3.8) is 0 Å². The molecule has 0 atom stereocenters. The Labute approximate surface area is 203 Å². The first-order valence-electron chi connectivity index (χ1n) is 9.41. The van der Waals surface area contributed by atoms with Gasteiger partial charge in [-0.05, 0) is 48.5 Å². The normalized spacial score (nSPS) is 10.6. The van der Waals surface area contributed by atoms with E-state index in [1.54, 1.807) is 4.68 Å². The van der Waals surface area contributed by atoms with Crippen LogP contribution in [0, 0.1) is 0 Å². The second-order valence-electron chi connectivity index (χ2n) is 6.70. The number of amides is 1. The predicted molar refractivity (Wildman–Crippen MR) is 131 cm³/mol. The van der Waals surface area contributed by atoms with Crippen LogP contribution in [0.1, 0.15) is 10.4 Å². The molecule has 5 rings (SSSR count). The van der Waals surface area contributed by atoms with Gasteiger partial charge in [0.25, 0.3) is 11.5 Å². The summed E-state index contributed by atoms with van der Waals surface area (Å²) >= 11 is 6.70. The number of nitrogens with one attached hydrogen (secondary N) is 1. The standard InChI is InChI=1S/C11H7BrN4O.C10H9BrN4O/c12-7-1-3-8(4-2-7)16-10-9(5-15-16)11(17)14-6-13-10;11-6-1-3-7(4-2-6)15-9(12)8(5-14-15)10(13)16/h1-6H,(H,13,14,17);1-5H,12H2,(H2,13,16). The van der Waals surface area contributed by atoms with E-state index in [4.69, 9.17) is 11.5 Å². The van der Waals surface area contributed by atoms with Crippen molar-refractivity contribution in [1.82, 2.24) is 29.5 Å². The van der Waals surface area contributed by atoms with Gasteiger partial charge in [0.15, 0.2) is 5.65 Å². The molecule has 5 aromatic rings. The van der Waals surface area contributed by atoms with Crippen molar-refractivity contribution in [3.8, 4) is 11.4 Å². The zero-order chi connectivity index (χ0) is 23.5. The molecule has 0 saturated carbocycles. The molecule has 12 heteroatoms. The number of hydrogen-bond donors (Lipinski definition) is 3. The Bertz CT molecular complexity index is 1490. The minimum Gasteiger partial charge on any atom is -0.383 e. The Morgan fingerprint density at radius 3 is 1.97 bits per heavy atom. The minimum atomic E-state index is -0.583. The van der Waals surface area contributed by atoms with Gasteiger partial charge in [0.05, 0.1) is 30.1 Å². The largest absolute Gasteiger partial charge is 0.383 e. The number of H-pyrrole nitrogens is 1. The van der Waals surface area contributed by atoms with Gasteiger partial charge in [-0.3, -0.25) is 9.59 Å². The second kappa shape index (κ2) is 9.38. The number of nitrogens with zero attached hydrogens (tertiary/aromatic N) is 5. The summed E-state index contributed by atoms with van der Waals surface area (Å²) in [5, 5.41) is 8.67. The van der Waals surface area contributed by atoms with Gasteiger partial charge in [0, 0.05) is 8.95 Å². The molecular formula is C21H16Br2N8O2. The highest BCUT2D eigenvalue weighted by molar-refractivity contribution is 9.10. The highest BCUT2D eigenvalue weighted by Crippen LogP contribution is 2.19. The van der Waals surface area contributed by atoms with Crippen LogP contribution in [0.3, 0.4) is 0 Å². The number of halogens is 2. The molecule has 0 unspecified atom stereocenters. The van der Waals surface area contributed by atoms with Crippen molar-refractivity contribution in [2.45, 2.75) is 0 Å². The lowest BCUT2D eigenvalue weighted by atomic mass is 10.3. The highest BCUT2D eigenvalue weighted by Gasteiger charge is 2.13. The Morgan fingerprint density at radius 2 is 1.42 bits per heavy atom. The molecule has 10 nitrogen and oxygen atoms in total. The van der Waals surface area contributed by atoms with E-state index in [0.717, 1.165) is 20.3 Å². The highest BCUT2D eigenvalue weighted by atomic mass is 79.9. The first-order chi connectivity index (χ1) is 15.8. The number of aromatic nitrogens is 6. The molecule has 166 valence electrons. The number of aromatic amines is 1. The quantitative estimate of drug-likeness (QED) is 0.302. The number of nitrogens with two attached hydrogens (primary N) is 2. The molecule has 0 aliphatic carbocycles.